The summed E-state index contributed by atoms with van der Waals surface area (Å²) in [6.07, 6.45) is 0.948. The van der Waals surface area contributed by atoms with Gasteiger partial charge in [0.25, 0.3) is 5.89 Å². The molecule has 4 nitrogen and oxygen atoms in total. The van der Waals surface area contributed by atoms with Crippen LogP contribution < -0.4 is 5.73 Å². The van der Waals surface area contributed by atoms with Gasteiger partial charge in [-0.05, 0) is 35.6 Å². The van der Waals surface area contributed by atoms with E-state index < -0.39 is 0 Å². The molecule has 2 heterocycles. The lowest BCUT2D eigenvalue weighted by molar-refractivity contribution is 0.433. The second-order valence-corrected chi connectivity index (χ2v) is 5.06. The molecule has 2 aromatic heterocycles. The number of thiophene rings is 1. The van der Waals surface area contributed by atoms with Gasteiger partial charge in [-0.3, -0.25) is 0 Å². The van der Waals surface area contributed by atoms with Crippen molar-refractivity contribution in [2.75, 3.05) is 5.73 Å². The lowest BCUT2D eigenvalue weighted by Gasteiger charge is -1.98. The molecule has 0 saturated heterocycles. The Bertz CT molecular complexity index is 702. The largest absolute Gasteiger partial charge is 0.398 e. The Hall–Kier alpha value is -2.14. The molecule has 0 atom stereocenters. The first-order valence-electron chi connectivity index (χ1n) is 6.05. The van der Waals surface area contributed by atoms with Crippen LogP contribution in [-0.4, -0.2) is 10.1 Å². The number of anilines is 1. The summed E-state index contributed by atoms with van der Waals surface area (Å²) >= 11 is 1.61. The Balaban J connectivity index is 2.03. The molecule has 0 amide bonds. The first kappa shape index (κ1) is 11.9. The number of nitrogens with two attached hydrogens (primary N) is 1. The molecule has 0 fully saturated rings. The molecular formula is C14H13N3OS. The lowest BCUT2D eigenvalue weighted by atomic mass is 10.2. The van der Waals surface area contributed by atoms with Gasteiger partial charge < -0.3 is 10.3 Å². The van der Waals surface area contributed by atoms with Crippen LogP contribution in [0, 0.1) is 0 Å². The third kappa shape index (κ3) is 2.13. The van der Waals surface area contributed by atoms with E-state index in [1.165, 1.54) is 5.56 Å². The van der Waals surface area contributed by atoms with Gasteiger partial charge >= 0.3 is 0 Å². The van der Waals surface area contributed by atoms with E-state index in [1.807, 2.05) is 29.6 Å². The number of para-hydroxylation sites is 1. The quantitative estimate of drug-likeness (QED) is 0.739. The van der Waals surface area contributed by atoms with E-state index in [-0.39, 0.29) is 0 Å². The number of benzene rings is 1. The van der Waals surface area contributed by atoms with Crippen molar-refractivity contribution in [2.45, 2.75) is 13.3 Å². The van der Waals surface area contributed by atoms with Gasteiger partial charge in [-0.15, -0.1) is 11.3 Å². The molecule has 0 aliphatic heterocycles. The van der Waals surface area contributed by atoms with Crippen LogP contribution in [0.2, 0.25) is 0 Å². The second kappa shape index (κ2) is 4.85. The van der Waals surface area contributed by atoms with Crippen LogP contribution in [0.5, 0.6) is 0 Å². The zero-order chi connectivity index (χ0) is 13.2. The van der Waals surface area contributed by atoms with Crippen molar-refractivity contribution in [3.05, 3.63) is 41.3 Å². The lowest BCUT2D eigenvalue weighted by Crippen LogP contribution is -1.90. The van der Waals surface area contributed by atoms with Crippen LogP contribution in [0.15, 0.2) is 40.2 Å². The number of aromatic nitrogens is 2. The van der Waals surface area contributed by atoms with E-state index in [9.17, 15) is 0 Å². The first-order valence-corrected chi connectivity index (χ1v) is 6.93. The minimum absolute atomic E-state index is 0.531. The van der Waals surface area contributed by atoms with Crippen molar-refractivity contribution in [3.63, 3.8) is 0 Å². The molecule has 0 saturated carbocycles. The van der Waals surface area contributed by atoms with Crippen LogP contribution in [0.4, 0.5) is 5.69 Å². The minimum Gasteiger partial charge on any atom is -0.398 e. The maximum Gasteiger partial charge on any atom is 0.268 e. The molecule has 96 valence electrons. The molecule has 0 radical (unpaired) electrons. The Kier molecular flexibility index (Phi) is 3.05. The number of hydrogen-bond donors (Lipinski definition) is 1. The van der Waals surface area contributed by atoms with Crippen molar-refractivity contribution in [3.8, 4) is 22.2 Å². The molecule has 2 N–H and O–H groups in total. The van der Waals surface area contributed by atoms with Gasteiger partial charge in [-0.1, -0.05) is 24.2 Å². The minimum atomic E-state index is 0.531. The van der Waals surface area contributed by atoms with Crippen LogP contribution >= 0.6 is 11.3 Å². The molecular weight excluding hydrogens is 258 g/mol. The van der Waals surface area contributed by atoms with Crippen LogP contribution in [0.25, 0.3) is 22.2 Å². The number of rotatable bonds is 3. The van der Waals surface area contributed by atoms with E-state index in [4.69, 9.17) is 10.3 Å². The maximum atomic E-state index is 5.92. The Morgan fingerprint density at radius 1 is 1.26 bits per heavy atom. The maximum absolute atomic E-state index is 5.92. The third-order valence-corrected chi connectivity index (χ3v) is 3.89. The van der Waals surface area contributed by atoms with E-state index in [0.717, 1.165) is 16.9 Å². The predicted octanol–water partition coefficient (Wildman–Crippen LogP) is 3.61. The predicted molar refractivity (Wildman–Crippen MR) is 76.8 cm³/mol. The summed E-state index contributed by atoms with van der Waals surface area (Å²) in [6, 6.07) is 9.59. The molecule has 0 aliphatic rings. The Labute approximate surface area is 114 Å². The summed E-state index contributed by atoms with van der Waals surface area (Å²) in [7, 11) is 0. The first-order chi connectivity index (χ1) is 9.29. The summed E-state index contributed by atoms with van der Waals surface area (Å²) in [5.74, 6) is 1.09. The van der Waals surface area contributed by atoms with Gasteiger partial charge in [0, 0.05) is 11.3 Å². The summed E-state index contributed by atoms with van der Waals surface area (Å²) in [6.45, 7) is 2.11. The van der Waals surface area contributed by atoms with Gasteiger partial charge in [0.2, 0.25) is 5.82 Å². The fraction of sp³-hybridized carbons (Fsp3) is 0.143. The van der Waals surface area contributed by atoms with E-state index in [1.54, 1.807) is 11.3 Å². The number of hydrogen-bond acceptors (Lipinski definition) is 5. The monoisotopic (exact) mass is 271 g/mol. The molecule has 3 rings (SSSR count). The molecule has 1 aromatic carbocycles. The van der Waals surface area contributed by atoms with Crippen molar-refractivity contribution in [2.24, 2.45) is 0 Å². The number of aryl methyl sites for hydroxylation is 1. The number of nitrogen functional groups attached to an aromatic ring is 1. The fourth-order valence-corrected chi connectivity index (χ4v) is 2.84. The smallest absolute Gasteiger partial charge is 0.268 e. The highest BCUT2D eigenvalue weighted by Gasteiger charge is 2.15. The summed E-state index contributed by atoms with van der Waals surface area (Å²) < 4.78 is 5.35. The van der Waals surface area contributed by atoms with Crippen molar-refractivity contribution in [1.29, 1.82) is 0 Å². The highest BCUT2D eigenvalue weighted by atomic mass is 32.1. The third-order valence-electron chi connectivity index (χ3n) is 2.95. The highest BCUT2D eigenvalue weighted by molar-refractivity contribution is 7.13. The standard InChI is InChI=1S/C14H13N3OS/c1-2-9-7-8-19-12(9)14-16-13(17-18-14)10-5-3-4-6-11(10)15/h3-8H,2,15H2,1H3. The summed E-state index contributed by atoms with van der Waals surface area (Å²) in [4.78, 5) is 5.48. The summed E-state index contributed by atoms with van der Waals surface area (Å²) in [5, 5.41) is 6.06. The number of nitrogens with zero attached hydrogens (tertiary/aromatic N) is 2. The van der Waals surface area contributed by atoms with Crippen molar-refractivity contribution >= 4 is 17.0 Å². The summed E-state index contributed by atoms with van der Waals surface area (Å²) in [5.41, 5.74) is 8.59. The van der Waals surface area contributed by atoms with Gasteiger partial charge in [0.15, 0.2) is 0 Å². The molecule has 19 heavy (non-hydrogen) atoms. The topological polar surface area (TPSA) is 64.9 Å². The normalized spacial score (nSPS) is 10.8. The highest BCUT2D eigenvalue weighted by Crippen LogP contribution is 2.31. The van der Waals surface area contributed by atoms with E-state index in [0.29, 0.717) is 17.4 Å². The van der Waals surface area contributed by atoms with Gasteiger partial charge in [-0.2, -0.15) is 4.98 Å². The zero-order valence-electron chi connectivity index (χ0n) is 10.5. The van der Waals surface area contributed by atoms with Gasteiger partial charge in [0.05, 0.1) is 4.88 Å². The average molecular weight is 271 g/mol. The van der Waals surface area contributed by atoms with Gasteiger partial charge in [0.1, 0.15) is 0 Å². The molecule has 0 bridgehead atoms. The molecule has 5 heteroatoms. The van der Waals surface area contributed by atoms with E-state index >= 15 is 0 Å². The average Bonchev–Trinajstić information content (AvgIpc) is 3.07. The molecule has 3 aromatic rings. The fourth-order valence-electron chi connectivity index (χ4n) is 1.93. The van der Waals surface area contributed by atoms with Crippen molar-refractivity contribution < 1.29 is 4.52 Å². The molecule has 0 unspecified atom stereocenters. The Morgan fingerprint density at radius 3 is 2.89 bits per heavy atom. The second-order valence-electron chi connectivity index (χ2n) is 4.14. The Morgan fingerprint density at radius 2 is 2.11 bits per heavy atom. The van der Waals surface area contributed by atoms with Crippen molar-refractivity contribution in [1.82, 2.24) is 10.1 Å². The van der Waals surface area contributed by atoms with E-state index in [2.05, 4.69) is 23.1 Å². The van der Waals surface area contributed by atoms with Gasteiger partial charge in [-0.25, -0.2) is 0 Å². The van der Waals surface area contributed by atoms with Crippen LogP contribution in [0.3, 0.4) is 0 Å². The zero-order valence-corrected chi connectivity index (χ0v) is 11.3. The van der Waals surface area contributed by atoms with Crippen LogP contribution in [-0.2, 0) is 6.42 Å². The molecule has 0 aliphatic carbocycles. The SMILES string of the molecule is CCc1ccsc1-c1nc(-c2ccccc2N)no1. The van der Waals surface area contributed by atoms with Crippen LogP contribution in [0.1, 0.15) is 12.5 Å². The molecule has 0 spiro atoms.